The zero-order valence-corrected chi connectivity index (χ0v) is 19.0. The molecule has 1 aliphatic carbocycles. The molecule has 1 amide bonds. The van der Waals surface area contributed by atoms with Crippen LogP contribution in [0.5, 0.6) is 0 Å². The molecule has 1 saturated carbocycles. The second-order valence-corrected chi connectivity index (χ2v) is 10.1. The Morgan fingerprint density at radius 2 is 1.78 bits per heavy atom. The normalized spacial score (nSPS) is 15.1. The lowest BCUT2D eigenvalue weighted by Crippen LogP contribution is -2.38. The third-order valence-corrected chi connectivity index (χ3v) is 7.96. The fourth-order valence-corrected chi connectivity index (χ4v) is 5.54. The number of nitrogens with one attached hydrogen (secondary N) is 1. The first-order chi connectivity index (χ1) is 15.4. The highest BCUT2D eigenvalue weighted by Crippen LogP contribution is 2.26. The minimum Gasteiger partial charge on any atom is -0.322 e. The third kappa shape index (κ3) is 4.92. The average molecular weight is 453 g/mol. The third-order valence-electron chi connectivity index (χ3n) is 6.04. The lowest BCUT2D eigenvalue weighted by atomic mass is 9.96. The second kappa shape index (κ2) is 9.67. The molecule has 0 saturated heterocycles. The molecule has 0 unspecified atom stereocenters. The Bertz CT molecular complexity index is 1150. The molecule has 0 atom stereocenters. The highest BCUT2D eigenvalue weighted by Gasteiger charge is 2.29. The van der Waals surface area contributed by atoms with Gasteiger partial charge in [0.15, 0.2) is 0 Å². The van der Waals surface area contributed by atoms with Crippen LogP contribution >= 0.6 is 0 Å². The van der Waals surface area contributed by atoms with E-state index in [0.717, 1.165) is 31.2 Å². The Balaban J connectivity index is 1.47. The van der Waals surface area contributed by atoms with Crippen LogP contribution in [-0.4, -0.2) is 41.5 Å². The number of carbonyl (C=O) groups is 1. The standard InChI is InChI=1S/C24H28N4O3S/c1-27(21-9-3-2-4-10-21)32(30,31)22-14-12-19(13-15-22)24(29)26-23-11-6-5-8-20(23)18-28-17-7-16-25-28/h5-8,11-17,21H,2-4,9-10,18H2,1H3,(H,26,29). The van der Waals surface area contributed by atoms with Gasteiger partial charge in [-0.1, -0.05) is 37.5 Å². The number of carbonyl (C=O) groups excluding carboxylic acids is 1. The van der Waals surface area contributed by atoms with E-state index in [-0.39, 0.29) is 16.8 Å². The SMILES string of the molecule is CN(C1CCCCC1)S(=O)(=O)c1ccc(C(=O)Nc2ccccc2Cn2cccn2)cc1. The Morgan fingerprint density at radius 3 is 2.47 bits per heavy atom. The van der Waals surface area contributed by atoms with Crippen LogP contribution in [0.2, 0.25) is 0 Å². The maximum absolute atomic E-state index is 13.0. The monoisotopic (exact) mass is 452 g/mol. The van der Waals surface area contributed by atoms with Crippen LogP contribution in [0.1, 0.15) is 48.0 Å². The van der Waals surface area contributed by atoms with Gasteiger partial charge >= 0.3 is 0 Å². The minimum absolute atomic E-state index is 0.0445. The number of hydrogen-bond donors (Lipinski definition) is 1. The van der Waals surface area contributed by atoms with E-state index in [9.17, 15) is 13.2 Å². The van der Waals surface area contributed by atoms with Gasteiger partial charge in [0.1, 0.15) is 0 Å². The minimum atomic E-state index is -3.58. The zero-order valence-electron chi connectivity index (χ0n) is 18.1. The highest BCUT2D eigenvalue weighted by atomic mass is 32.2. The lowest BCUT2D eigenvalue weighted by molar-refractivity contribution is 0.102. The summed E-state index contributed by atoms with van der Waals surface area (Å²) < 4.78 is 29.3. The highest BCUT2D eigenvalue weighted by molar-refractivity contribution is 7.89. The summed E-state index contributed by atoms with van der Waals surface area (Å²) in [4.78, 5) is 13.0. The van der Waals surface area contributed by atoms with E-state index in [1.165, 1.54) is 22.9 Å². The van der Waals surface area contributed by atoms with E-state index in [1.54, 1.807) is 30.1 Å². The van der Waals surface area contributed by atoms with Crippen LogP contribution in [0.4, 0.5) is 5.69 Å². The first-order valence-electron chi connectivity index (χ1n) is 10.9. The van der Waals surface area contributed by atoms with Gasteiger partial charge in [-0.15, -0.1) is 0 Å². The van der Waals surface area contributed by atoms with Gasteiger partial charge in [-0.05, 0) is 54.8 Å². The van der Waals surface area contributed by atoms with Crippen molar-refractivity contribution in [3.8, 4) is 0 Å². The molecule has 2 aromatic carbocycles. The topological polar surface area (TPSA) is 84.3 Å². The zero-order chi connectivity index (χ0) is 22.6. The van der Waals surface area contributed by atoms with Crippen molar-refractivity contribution >= 4 is 21.6 Å². The molecule has 7 nitrogen and oxygen atoms in total. The summed E-state index contributed by atoms with van der Waals surface area (Å²) in [6.45, 7) is 0.536. The summed E-state index contributed by atoms with van der Waals surface area (Å²) in [5, 5.41) is 7.15. The van der Waals surface area contributed by atoms with Crippen LogP contribution in [0.3, 0.4) is 0 Å². The molecule has 0 radical (unpaired) electrons. The molecule has 1 fully saturated rings. The number of sulfonamides is 1. The molecular formula is C24H28N4O3S. The van der Waals surface area contributed by atoms with Crippen molar-refractivity contribution in [1.82, 2.24) is 14.1 Å². The number of hydrogen-bond acceptors (Lipinski definition) is 4. The molecule has 3 aromatic rings. The van der Waals surface area contributed by atoms with E-state index >= 15 is 0 Å². The molecule has 4 rings (SSSR count). The van der Waals surface area contributed by atoms with Crippen LogP contribution in [0.25, 0.3) is 0 Å². The molecule has 0 spiro atoms. The van der Waals surface area contributed by atoms with E-state index in [2.05, 4.69) is 10.4 Å². The van der Waals surface area contributed by atoms with Gasteiger partial charge < -0.3 is 5.32 Å². The first kappa shape index (κ1) is 22.2. The molecule has 32 heavy (non-hydrogen) atoms. The number of aromatic nitrogens is 2. The summed E-state index contributed by atoms with van der Waals surface area (Å²) in [5.41, 5.74) is 2.03. The molecular weight excluding hydrogens is 424 g/mol. The van der Waals surface area contributed by atoms with Gasteiger partial charge in [-0.3, -0.25) is 9.48 Å². The van der Waals surface area contributed by atoms with Gasteiger partial charge in [-0.25, -0.2) is 8.42 Å². The number of para-hydroxylation sites is 1. The maximum Gasteiger partial charge on any atom is 0.255 e. The Morgan fingerprint density at radius 1 is 1.06 bits per heavy atom. The number of benzene rings is 2. The molecule has 0 aliphatic heterocycles. The van der Waals surface area contributed by atoms with Crippen molar-refractivity contribution in [3.05, 3.63) is 78.1 Å². The first-order valence-corrected chi connectivity index (χ1v) is 12.3. The van der Waals surface area contributed by atoms with Crippen LogP contribution in [-0.2, 0) is 16.6 Å². The van der Waals surface area contributed by atoms with Crippen molar-refractivity contribution in [2.24, 2.45) is 0 Å². The van der Waals surface area contributed by atoms with Crippen molar-refractivity contribution in [3.63, 3.8) is 0 Å². The summed E-state index contributed by atoms with van der Waals surface area (Å²) in [6, 6.07) is 15.6. The van der Waals surface area contributed by atoms with Gasteiger partial charge in [0.2, 0.25) is 10.0 Å². The number of amides is 1. The Labute approximate surface area is 189 Å². The van der Waals surface area contributed by atoms with Gasteiger partial charge in [-0.2, -0.15) is 9.40 Å². The van der Waals surface area contributed by atoms with Crippen molar-refractivity contribution in [1.29, 1.82) is 0 Å². The lowest BCUT2D eigenvalue weighted by Gasteiger charge is -2.30. The summed E-state index contributed by atoms with van der Waals surface area (Å²) >= 11 is 0. The summed E-state index contributed by atoms with van der Waals surface area (Å²) in [6.07, 6.45) is 8.66. The average Bonchev–Trinajstić information content (AvgIpc) is 3.33. The second-order valence-electron chi connectivity index (χ2n) is 8.15. The number of nitrogens with zero attached hydrogens (tertiary/aromatic N) is 3. The van der Waals surface area contributed by atoms with E-state index < -0.39 is 10.0 Å². The van der Waals surface area contributed by atoms with E-state index in [0.29, 0.717) is 17.8 Å². The number of rotatable bonds is 7. The molecule has 8 heteroatoms. The fourth-order valence-electron chi connectivity index (χ4n) is 4.13. The Hall–Kier alpha value is -2.97. The Kier molecular flexibility index (Phi) is 6.72. The molecule has 1 aliphatic rings. The van der Waals surface area contributed by atoms with Crippen molar-refractivity contribution in [2.45, 2.75) is 49.6 Å². The van der Waals surface area contributed by atoms with Crippen molar-refractivity contribution in [2.75, 3.05) is 12.4 Å². The fraction of sp³-hybridized carbons (Fsp3) is 0.333. The summed E-state index contributed by atoms with van der Waals surface area (Å²) in [5.74, 6) is -0.289. The van der Waals surface area contributed by atoms with E-state index in [4.69, 9.17) is 0 Å². The maximum atomic E-state index is 13.0. The molecule has 1 N–H and O–H groups in total. The van der Waals surface area contributed by atoms with E-state index in [1.807, 2.05) is 36.5 Å². The van der Waals surface area contributed by atoms with Gasteiger partial charge in [0.25, 0.3) is 5.91 Å². The molecule has 0 bridgehead atoms. The van der Waals surface area contributed by atoms with Crippen LogP contribution in [0.15, 0.2) is 71.9 Å². The number of anilines is 1. The predicted molar refractivity (Wildman–Crippen MR) is 124 cm³/mol. The molecule has 1 aromatic heterocycles. The molecule has 168 valence electrons. The summed E-state index contributed by atoms with van der Waals surface area (Å²) in [7, 11) is -1.93. The molecule has 1 heterocycles. The van der Waals surface area contributed by atoms with Crippen LogP contribution < -0.4 is 5.32 Å². The van der Waals surface area contributed by atoms with Crippen LogP contribution in [0, 0.1) is 0 Å². The van der Waals surface area contributed by atoms with Gasteiger partial charge in [0, 0.05) is 36.7 Å². The quantitative estimate of drug-likeness (QED) is 0.584. The van der Waals surface area contributed by atoms with Gasteiger partial charge in [0.05, 0.1) is 11.4 Å². The van der Waals surface area contributed by atoms with Crippen molar-refractivity contribution < 1.29 is 13.2 Å². The largest absolute Gasteiger partial charge is 0.322 e. The predicted octanol–water partition coefficient (Wildman–Crippen LogP) is 4.14. The smallest absolute Gasteiger partial charge is 0.255 e.